The Balaban J connectivity index is 0.000000122. The summed E-state index contributed by atoms with van der Waals surface area (Å²) >= 11 is 0. The van der Waals surface area contributed by atoms with Crippen molar-refractivity contribution in [2.45, 2.75) is 106 Å². The van der Waals surface area contributed by atoms with Crippen LogP contribution in [0.15, 0.2) is 400 Å². The summed E-state index contributed by atoms with van der Waals surface area (Å²) in [6.07, 6.45) is 18.0. The number of hydrogen-bond acceptors (Lipinski definition) is 6. The van der Waals surface area contributed by atoms with Crippen molar-refractivity contribution in [1.29, 1.82) is 0 Å². The van der Waals surface area contributed by atoms with E-state index < -0.39 is 0 Å². The lowest BCUT2D eigenvalue weighted by atomic mass is 9.89. The molecular weight excluding hydrogens is 1550 g/mol. The summed E-state index contributed by atoms with van der Waals surface area (Å²) in [5.41, 5.74) is 34.5. The molecule has 8 heteroatoms. The number of pyridine rings is 2. The van der Waals surface area contributed by atoms with Crippen LogP contribution in [-0.4, -0.2) is 45.9 Å². The molecule has 632 valence electrons. The van der Waals surface area contributed by atoms with Crippen LogP contribution in [0.5, 0.6) is 0 Å². The number of aromatic nitrogens is 2. The van der Waals surface area contributed by atoms with Gasteiger partial charge in [0.25, 0.3) is 0 Å². The van der Waals surface area contributed by atoms with Gasteiger partial charge in [-0.05, 0) is 190 Å². The highest BCUT2D eigenvalue weighted by Gasteiger charge is 2.43. The highest BCUT2D eigenvalue weighted by Crippen LogP contribution is 2.49. The average Bonchev–Trinajstić information content (AvgIpc) is 1.60. The van der Waals surface area contributed by atoms with E-state index in [1.165, 1.54) is 162 Å². The van der Waals surface area contributed by atoms with Gasteiger partial charge < -0.3 is 19.0 Å². The molecule has 2 atom stereocenters. The molecule has 0 radical (unpaired) electrons. The van der Waals surface area contributed by atoms with Crippen molar-refractivity contribution < 1.29 is 9.15 Å². The molecular formula is C120H112N8. The fraction of sp³-hybridized carbons (Fsp3) is 0.150. The van der Waals surface area contributed by atoms with Gasteiger partial charge in [0.1, 0.15) is 23.5 Å². The highest BCUT2D eigenvalue weighted by atomic mass is 15.3. The summed E-state index contributed by atoms with van der Waals surface area (Å²) in [5.74, 6) is 1.00. The summed E-state index contributed by atoms with van der Waals surface area (Å²) in [7, 11) is 4.29. The number of fused-ring (bicyclic) bond motifs is 4. The fourth-order valence-electron chi connectivity index (χ4n) is 19.0. The molecule has 0 bridgehead atoms. The van der Waals surface area contributed by atoms with E-state index in [-0.39, 0.29) is 12.1 Å². The number of allylic oxidation sites excluding steroid dienone is 4. The molecule has 6 heterocycles. The number of aryl methyl sites for hydroxylation is 6. The van der Waals surface area contributed by atoms with Crippen LogP contribution in [0.2, 0.25) is 0 Å². The van der Waals surface area contributed by atoms with E-state index in [9.17, 15) is 0 Å². The molecule has 4 aliphatic rings. The zero-order chi connectivity index (χ0) is 88.3. The average molecular weight is 1670 g/mol. The first-order valence-corrected chi connectivity index (χ1v) is 44.9. The van der Waals surface area contributed by atoms with Crippen molar-refractivity contribution in [2.75, 3.05) is 33.7 Å². The molecule has 0 N–H and O–H groups in total. The van der Waals surface area contributed by atoms with Gasteiger partial charge in [-0.3, -0.25) is 19.8 Å². The Morgan fingerprint density at radius 2 is 0.672 bits per heavy atom. The molecule has 2 aromatic heterocycles. The predicted molar refractivity (Wildman–Crippen MR) is 541 cm³/mol. The molecule has 20 rings (SSSR count). The van der Waals surface area contributed by atoms with E-state index in [0.29, 0.717) is 11.8 Å². The quantitative estimate of drug-likeness (QED) is 0.0630. The van der Waals surface area contributed by atoms with Crippen molar-refractivity contribution in [2.24, 2.45) is 0 Å². The van der Waals surface area contributed by atoms with Crippen LogP contribution in [0.4, 0.5) is 22.7 Å². The highest BCUT2D eigenvalue weighted by molar-refractivity contribution is 5.97. The molecule has 0 saturated heterocycles. The van der Waals surface area contributed by atoms with E-state index in [1.54, 1.807) is 0 Å². The van der Waals surface area contributed by atoms with Crippen molar-refractivity contribution in [1.82, 2.24) is 9.97 Å². The topological polar surface area (TPSA) is 44.8 Å². The normalized spacial score (nSPS) is 14.2. The van der Waals surface area contributed by atoms with Crippen LogP contribution in [-0.2, 0) is 13.1 Å². The maximum absolute atomic E-state index is 4.99. The fourth-order valence-corrected chi connectivity index (χ4v) is 19.0. The zero-order valence-corrected chi connectivity index (χ0v) is 75.6. The summed E-state index contributed by atoms with van der Waals surface area (Å²) in [5, 5.41) is 5.01. The van der Waals surface area contributed by atoms with Crippen molar-refractivity contribution in [3.63, 3.8) is 0 Å². The van der Waals surface area contributed by atoms with Gasteiger partial charge >= 0.3 is 0 Å². The zero-order valence-electron chi connectivity index (χ0n) is 75.6. The van der Waals surface area contributed by atoms with E-state index in [0.717, 1.165) is 41.4 Å². The van der Waals surface area contributed by atoms with Crippen LogP contribution >= 0.6 is 0 Å². The van der Waals surface area contributed by atoms with Crippen molar-refractivity contribution in [3.8, 4) is 44.8 Å². The maximum Gasteiger partial charge on any atom is 0.171 e. The molecule has 0 saturated carbocycles. The van der Waals surface area contributed by atoms with Gasteiger partial charge in [0, 0.05) is 53.4 Å². The second kappa shape index (κ2) is 38.7. The largest absolute Gasteiger partial charge is 0.368 e. The van der Waals surface area contributed by atoms with Gasteiger partial charge in [0.15, 0.2) is 12.7 Å². The van der Waals surface area contributed by atoms with Gasteiger partial charge in [0.2, 0.25) is 0 Å². The standard InChI is InChI=1S/C38H32N2.C34H30N2.C26H26N2.C22H24N2/c1-27(2)28-22-24-31(25-23-28)39-26-40-36(34-19-10-15-30-14-6-7-16-32(30)34)20-11-21-37(40)38(39)35-18-9-8-17-33(35)29-12-4-3-5-13-29;1-25(2)26-20-22-29(23-21-26)35-24-36-32(28-14-7-4-8-15-28)18-11-19-33(36)34(35)31-17-10-9-16-30(31)27-12-5-3-6-13-27;1-18-15-19(2)26(20(3)16-18)28(4)17-22-11-8-14-25(27-22)24-13-7-10-21-9-5-6-12-23(21)24;1-16-13-17(2)22(18(3)14-16)24(4)15-20-11-8-12-21(23-20)19-9-6-5-7-10-19/h3-27,38H,1-2H3;3-25,34H,1-2H3;5-16H,17H2,1-4H3;5-14H,15H2,1-4H3. The smallest absolute Gasteiger partial charge is 0.171 e. The first kappa shape index (κ1) is 85.3. The molecule has 0 spiro atoms. The Morgan fingerprint density at radius 3 is 1.12 bits per heavy atom. The third-order valence-corrected chi connectivity index (χ3v) is 24.8. The summed E-state index contributed by atoms with van der Waals surface area (Å²) in [6.45, 7) is 23.6. The van der Waals surface area contributed by atoms with Gasteiger partial charge in [-0.2, -0.15) is 0 Å². The van der Waals surface area contributed by atoms with Crippen LogP contribution in [0.3, 0.4) is 0 Å². The summed E-state index contributed by atoms with van der Waals surface area (Å²) in [4.78, 5) is 19.3. The molecule has 2 unspecified atom stereocenters. The third kappa shape index (κ3) is 18.6. The minimum Gasteiger partial charge on any atom is -0.368 e. The van der Waals surface area contributed by atoms with Crippen molar-refractivity contribution >= 4 is 68.4 Å². The molecule has 16 aromatic rings. The molecule has 14 aromatic carbocycles. The number of nitrogens with zero attached hydrogens (tertiary/aromatic N) is 8. The van der Waals surface area contributed by atoms with Gasteiger partial charge in [-0.15, -0.1) is 12.2 Å². The van der Waals surface area contributed by atoms with E-state index in [1.807, 2.05) is 6.07 Å². The SMILES string of the molecule is CC(C)c1ccc(N2C=[N+]3C(c4cccc5ccccc45)=CC=C[C-]3C2c2ccccc2-c2ccccc2)cc1.CC(C)c1ccc(N2C=[N+]3C(c4ccccc4)=CC=C[C-]3C2c2ccccc2-c2ccccc2)cc1.Cc1cc(C)c(N(C)Cc2cccc(-c3cccc4ccccc34)n2)c(C)c1.Cc1cc(C)c(N(C)Cc2cccc(-c3ccccc3)n2)c(C)c1. The summed E-state index contributed by atoms with van der Waals surface area (Å²) < 4.78 is 4.75. The second-order valence-corrected chi connectivity index (χ2v) is 34.7. The molecule has 128 heavy (non-hydrogen) atoms. The molecule has 4 aliphatic heterocycles. The number of benzene rings is 14. The van der Waals surface area contributed by atoms with Crippen molar-refractivity contribution in [3.05, 3.63) is 491 Å². The van der Waals surface area contributed by atoms with Crippen LogP contribution in [0, 0.1) is 53.6 Å². The molecule has 8 nitrogen and oxygen atoms in total. The summed E-state index contributed by atoms with van der Waals surface area (Å²) in [6, 6.07) is 133. The Bertz CT molecular complexity index is 6760. The molecule has 0 aliphatic carbocycles. The first-order valence-electron chi connectivity index (χ1n) is 44.9. The van der Waals surface area contributed by atoms with E-state index >= 15 is 0 Å². The molecule has 0 amide bonds. The lowest BCUT2D eigenvalue weighted by molar-refractivity contribution is -0.399. The Kier molecular flexibility index (Phi) is 25.8. The van der Waals surface area contributed by atoms with Gasteiger partial charge in [-0.25, -0.2) is 0 Å². The monoisotopic (exact) mass is 1660 g/mol. The maximum atomic E-state index is 4.99. The second-order valence-electron chi connectivity index (χ2n) is 34.7. The van der Waals surface area contributed by atoms with Crippen LogP contribution in [0.25, 0.3) is 77.7 Å². The predicted octanol–water partition coefficient (Wildman–Crippen LogP) is 29.4. The van der Waals surface area contributed by atoms with Crippen LogP contribution < -0.4 is 19.6 Å². The minimum absolute atomic E-state index is 0.0243. The lowest BCUT2D eigenvalue weighted by Gasteiger charge is -2.30. The Hall–Kier alpha value is -14.9. The minimum atomic E-state index is 0.0243. The lowest BCUT2D eigenvalue weighted by Crippen LogP contribution is -2.26. The Morgan fingerprint density at radius 1 is 0.328 bits per heavy atom. The Labute approximate surface area is 757 Å². The number of hydrogen-bond donors (Lipinski definition) is 0. The third-order valence-electron chi connectivity index (χ3n) is 24.8. The number of anilines is 4. The van der Waals surface area contributed by atoms with E-state index in [2.05, 4.69) is 519 Å². The van der Waals surface area contributed by atoms with E-state index in [4.69, 9.17) is 9.97 Å². The van der Waals surface area contributed by atoms with Gasteiger partial charge in [-0.1, -0.05) is 379 Å². The number of rotatable bonds is 18. The van der Waals surface area contributed by atoms with Gasteiger partial charge in [0.05, 0.1) is 53.6 Å². The van der Waals surface area contributed by atoms with Crippen LogP contribution in [0.1, 0.15) is 130 Å². The first-order chi connectivity index (χ1) is 62.5. The molecule has 0 fully saturated rings.